The Morgan fingerprint density at radius 2 is 1.65 bits per heavy atom. The highest BCUT2D eigenvalue weighted by atomic mass is 14.7. The molecule has 1 atom stereocenters. The number of benzene rings is 2. The number of hydrogen-bond acceptors (Lipinski definition) is 2. The monoisotopic (exact) mass is 224 g/mol. The first-order chi connectivity index (χ1) is 8.27. The molecule has 17 heavy (non-hydrogen) atoms. The van der Waals surface area contributed by atoms with E-state index in [4.69, 9.17) is 11.5 Å². The summed E-state index contributed by atoms with van der Waals surface area (Å²) in [6.45, 7) is 0. The Hall–Kier alpha value is -1.96. The van der Waals surface area contributed by atoms with E-state index in [1.165, 1.54) is 16.7 Å². The van der Waals surface area contributed by atoms with Gasteiger partial charge in [-0.25, -0.2) is 0 Å². The van der Waals surface area contributed by atoms with E-state index in [1.54, 1.807) is 0 Å². The van der Waals surface area contributed by atoms with E-state index >= 15 is 0 Å². The molecule has 1 aliphatic rings. The van der Waals surface area contributed by atoms with Crippen LogP contribution in [-0.2, 0) is 6.42 Å². The van der Waals surface area contributed by atoms with Gasteiger partial charge >= 0.3 is 0 Å². The van der Waals surface area contributed by atoms with Crippen LogP contribution in [-0.4, -0.2) is 0 Å². The average Bonchev–Trinajstić information content (AvgIpc) is 2.77. The zero-order valence-electron chi connectivity index (χ0n) is 9.69. The minimum atomic E-state index is 0.412. The predicted molar refractivity (Wildman–Crippen MR) is 71.9 cm³/mol. The van der Waals surface area contributed by atoms with Crippen LogP contribution in [0.15, 0.2) is 42.5 Å². The maximum Gasteiger partial charge on any atom is 0.0586 e. The first-order valence-electron chi connectivity index (χ1n) is 5.99. The van der Waals surface area contributed by atoms with Crippen LogP contribution < -0.4 is 11.5 Å². The third kappa shape index (κ3) is 1.57. The Kier molecular flexibility index (Phi) is 2.29. The molecule has 0 saturated carbocycles. The Morgan fingerprint density at radius 1 is 0.882 bits per heavy atom. The maximum absolute atomic E-state index is 6.09. The Morgan fingerprint density at radius 3 is 2.53 bits per heavy atom. The van der Waals surface area contributed by atoms with Gasteiger partial charge in [-0.1, -0.05) is 36.4 Å². The summed E-state index contributed by atoms with van der Waals surface area (Å²) < 4.78 is 0. The molecule has 0 bridgehead atoms. The second-order valence-electron chi connectivity index (χ2n) is 4.64. The summed E-state index contributed by atoms with van der Waals surface area (Å²) in [5, 5.41) is 0. The molecule has 4 N–H and O–H groups in total. The lowest BCUT2D eigenvalue weighted by Gasteiger charge is -2.15. The van der Waals surface area contributed by atoms with Crippen LogP contribution in [0.4, 0.5) is 11.4 Å². The average molecular weight is 224 g/mol. The lowest BCUT2D eigenvalue weighted by Crippen LogP contribution is -2.04. The summed E-state index contributed by atoms with van der Waals surface area (Å²) in [5.41, 5.74) is 17.4. The minimum Gasteiger partial charge on any atom is -0.397 e. The van der Waals surface area contributed by atoms with Gasteiger partial charge in [-0.15, -0.1) is 0 Å². The second kappa shape index (κ2) is 3.81. The fourth-order valence-corrected chi connectivity index (χ4v) is 2.79. The van der Waals surface area contributed by atoms with Crippen molar-refractivity contribution < 1.29 is 0 Å². The lowest BCUT2D eigenvalue weighted by molar-refractivity contribution is 0.791. The molecule has 2 nitrogen and oxygen atoms in total. The van der Waals surface area contributed by atoms with Crippen molar-refractivity contribution >= 4 is 11.4 Å². The van der Waals surface area contributed by atoms with Crippen LogP contribution in [0, 0.1) is 0 Å². The van der Waals surface area contributed by atoms with Crippen molar-refractivity contribution in [1.29, 1.82) is 0 Å². The van der Waals surface area contributed by atoms with Crippen molar-refractivity contribution in [3.05, 3.63) is 59.2 Å². The first kappa shape index (κ1) is 10.2. The molecule has 2 aromatic carbocycles. The molecule has 3 rings (SSSR count). The van der Waals surface area contributed by atoms with Crippen molar-refractivity contribution in [3.63, 3.8) is 0 Å². The van der Waals surface area contributed by atoms with Gasteiger partial charge < -0.3 is 11.5 Å². The van der Waals surface area contributed by atoms with Crippen molar-refractivity contribution in [3.8, 4) is 0 Å². The molecule has 86 valence electrons. The molecule has 0 aromatic heterocycles. The molecule has 2 aromatic rings. The van der Waals surface area contributed by atoms with Crippen molar-refractivity contribution in [2.75, 3.05) is 11.5 Å². The molecule has 0 radical (unpaired) electrons. The third-order valence-corrected chi connectivity index (χ3v) is 3.68. The maximum atomic E-state index is 6.09. The van der Waals surface area contributed by atoms with Gasteiger partial charge in [0, 0.05) is 5.92 Å². The molecule has 0 aliphatic heterocycles. The van der Waals surface area contributed by atoms with E-state index in [0.717, 1.165) is 18.5 Å². The molecule has 0 spiro atoms. The topological polar surface area (TPSA) is 52.0 Å². The number of fused-ring (bicyclic) bond motifs is 1. The summed E-state index contributed by atoms with van der Waals surface area (Å²) in [4.78, 5) is 0. The Balaban J connectivity index is 2.10. The van der Waals surface area contributed by atoms with E-state index in [1.807, 2.05) is 12.1 Å². The largest absolute Gasteiger partial charge is 0.397 e. The quantitative estimate of drug-likeness (QED) is 0.732. The molecule has 0 heterocycles. The second-order valence-corrected chi connectivity index (χ2v) is 4.64. The Labute approximate surface area is 101 Å². The number of rotatable bonds is 1. The summed E-state index contributed by atoms with van der Waals surface area (Å²) in [6, 6.07) is 14.6. The summed E-state index contributed by atoms with van der Waals surface area (Å²) in [5.74, 6) is 0.412. The molecule has 0 amide bonds. The SMILES string of the molecule is Nc1cccc(C2CCc3ccccc32)c1N. The summed E-state index contributed by atoms with van der Waals surface area (Å²) >= 11 is 0. The van der Waals surface area contributed by atoms with E-state index < -0.39 is 0 Å². The molecule has 0 fully saturated rings. The number of aryl methyl sites for hydroxylation is 1. The normalized spacial score (nSPS) is 18.0. The van der Waals surface area contributed by atoms with E-state index in [-0.39, 0.29) is 0 Å². The fourth-order valence-electron chi connectivity index (χ4n) is 2.79. The van der Waals surface area contributed by atoms with Crippen LogP contribution in [0.5, 0.6) is 0 Å². The lowest BCUT2D eigenvalue weighted by atomic mass is 9.91. The molecule has 1 unspecified atom stereocenters. The highest BCUT2D eigenvalue weighted by Gasteiger charge is 2.25. The Bertz CT molecular complexity index is 561. The summed E-state index contributed by atoms with van der Waals surface area (Å²) in [6.07, 6.45) is 2.27. The summed E-state index contributed by atoms with van der Waals surface area (Å²) in [7, 11) is 0. The number of nitrogen functional groups attached to an aromatic ring is 2. The van der Waals surface area contributed by atoms with Crippen LogP contribution in [0.1, 0.15) is 29.0 Å². The van der Waals surface area contributed by atoms with Crippen LogP contribution in [0.3, 0.4) is 0 Å². The number of para-hydroxylation sites is 1. The van der Waals surface area contributed by atoms with Gasteiger partial charge in [0.05, 0.1) is 11.4 Å². The van der Waals surface area contributed by atoms with Crippen molar-refractivity contribution in [2.45, 2.75) is 18.8 Å². The van der Waals surface area contributed by atoms with Crippen LogP contribution >= 0.6 is 0 Å². The number of nitrogens with two attached hydrogens (primary N) is 2. The van der Waals surface area contributed by atoms with Gasteiger partial charge in [-0.05, 0) is 35.6 Å². The van der Waals surface area contributed by atoms with E-state index in [9.17, 15) is 0 Å². The zero-order chi connectivity index (χ0) is 11.8. The standard InChI is InChI=1S/C15H16N2/c16-14-7-3-6-13(15(14)17)12-9-8-10-4-1-2-5-11(10)12/h1-7,12H,8-9,16-17H2. The third-order valence-electron chi connectivity index (χ3n) is 3.68. The van der Waals surface area contributed by atoms with Crippen molar-refractivity contribution in [1.82, 2.24) is 0 Å². The number of hydrogen-bond donors (Lipinski definition) is 2. The predicted octanol–water partition coefficient (Wildman–Crippen LogP) is 2.93. The zero-order valence-corrected chi connectivity index (χ0v) is 9.69. The molecule has 0 saturated heterocycles. The smallest absolute Gasteiger partial charge is 0.0586 e. The first-order valence-corrected chi connectivity index (χ1v) is 5.99. The van der Waals surface area contributed by atoms with E-state index in [2.05, 4.69) is 30.3 Å². The van der Waals surface area contributed by atoms with E-state index in [0.29, 0.717) is 11.6 Å². The molecule has 1 aliphatic carbocycles. The highest BCUT2D eigenvalue weighted by Crippen LogP contribution is 2.41. The molecule has 2 heteroatoms. The fraction of sp³-hybridized carbons (Fsp3) is 0.200. The molecular weight excluding hydrogens is 208 g/mol. The number of anilines is 2. The minimum absolute atomic E-state index is 0.412. The molecular formula is C15H16N2. The highest BCUT2D eigenvalue weighted by molar-refractivity contribution is 5.69. The van der Waals surface area contributed by atoms with Crippen molar-refractivity contribution in [2.24, 2.45) is 0 Å². The van der Waals surface area contributed by atoms with Gasteiger partial charge in [0.1, 0.15) is 0 Å². The van der Waals surface area contributed by atoms with Crippen LogP contribution in [0.25, 0.3) is 0 Å². The van der Waals surface area contributed by atoms with Gasteiger partial charge in [0.25, 0.3) is 0 Å². The van der Waals surface area contributed by atoms with Gasteiger partial charge in [0.15, 0.2) is 0 Å². The van der Waals surface area contributed by atoms with Gasteiger partial charge in [0.2, 0.25) is 0 Å². The van der Waals surface area contributed by atoms with Gasteiger partial charge in [-0.2, -0.15) is 0 Å². The van der Waals surface area contributed by atoms with Gasteiger partial charge in [-0.3, -0.25) is 0 Å². The van der Waals surface area contributed by atoms with Crippen LogP contribution in [0.2, 0.25) is 0 Å².